The molecule has 0 spiro atoms. The van der Waals surface area contributed by atoms with Gasteiger partial charge >= 0.3 is 0 Å². The van der Waals surface area contributed by atoms with Crippen LogP contribution in [0.4, 0.5) is 17.2 Å². The van der Waals surface area contributed by atoms with Gasteiger partial charge in [-0.15, -0.1) is 0 Å². The molecule has 0 bridgehead atoms. The van der Waals surface area contributed by atoms with E-state index in [-0.39, 0.29) is 11.7 Å². The minimum absolute atomic E-state index is 0.254. The van der Waals surface area contributed by atoms with Crippen LogP contribution in [-0.4, -0.2) is 59.2 Å². The maximum absolute atomic E-state index is 9.08. The molecule has 7 heteroatoms. The van der Waals surface area contributed by atoms with Crippen molar-refractivity contribution in [1.82, 2.24) is 14.8 Å². The van der Waals surface area contributed by atoms with Crippen molar-refractivity contribution < 1.29 is 0 Å². The number of piperazine rings is 1. The fourth-order valence-electron chi connectivity index (χ4n) is 5.33. The molecule has 6 rings (SSSR count). The highest BCUT2D eigenvalue weighted by Crippen LogP contribution is 2.34. The molecule has 7 nitrogen and oxygen atoms in total. The second kappa shape index (κ2) is 11.2. The van der Waals surface area contributed by atoms with E-state index in [9.17, 15) is 0 Å². The number of pyridine rings is 1. The van der Waals surface area contributed by atoms with Crippen LogP contribution in [-0.2, 0) is 13.0 Å². The van der Waals surface area contributed by atoms with Gasteiger partial charge < -0.3 is 10.2 Å². The van der Waals surface area contributed by atoms with Crippen molar-refractivity contribution in [2.45, 2.75) is 13.0 Å². The first-order chi connectivity index (χ1) is 19.2. The van der Waals surface area contributed by atoms with Gasteiger partial charge in [-0.2, -0.15) is 0 Å². The average molecular weight is 516 g/mol. The lowest BCUT2D eigenvalue weighted by molar-refractivity contribution is 0.128. The van der Waals surface area contributed by atoms with Crippen LogP contribution >= 0.6 is 0 Å². The summed E-state index contributed by atoms with van der Waals surface area (Å²) in [6, 6.07) is 30.4. The number of hydrogen-bond donors (Lipinski definition) is 3. The summed E-state index contributed by atoms with van der Waals surface area (Å²) in [7, 11) is 0. The predicted molar refractivity (Wildman–Crippen MR) is 158 cm³/mol. The lowest BCUT2D eigenvalue weighted by Gasteiger charge is -2.34. The quantitative estimate of drug-likeness (QED) is 0.238. The summed E-state index contributed by atoms with van der Waals surface area (Å²) in [5.41, 5.74) is 5.65. The van der Waals surface area contributed by atoms with Crippen LogP contribution in [0.2, 0.25) is 0 Å². The molecule has 2 aliphatic rings. The Morgan fingerprint density at radius 1 is 0.769 bits per heavy atom. The van der Waals surface area contributed by atoms with Gasteiger partial charge in [0.05, 0.1) is 11.4 Å². The van der Waals surface area contributed by atoms with Crippen LogP contribution in [0.1, 0.15) is 22.3 Å². The highest BCUT2D eigenvalue weighted by atomic mass is 15.3. The molecule has 0 radical (unpaired) electrons. The SMILES string of the molecule is N=C(c1ccc(CN2CCN(CCc3ccccc3)CC2)cc1)N1C(=N)c2ccccc2Nc2ncccc21. The standard InChI is InChI=1S/C32H33N7/c33-30(39-29-11-6-17-35-32(29)36-28-10-5-4-9-27(28)31(39)34)26-14-12-25(13-15-26)23-38-21-19-37(20-22-38)18-16-24-7-2-1-3-8-24/h1-15,17,33-34H,16,18-23H2,(H,35,36). The summed E-state index contributed by atoms with van der Waals surface area (Å²) in [6.45, 7) is 6.33. The van der Waals surface area contributed by atoms with Gasteiger partial charge in [-0.1, -0.05) is 66.7 Å². The Hall–Kier alpha value is -4.33. The van der Waals surface area contributed by atoms with Crippen LogP contribution in [0.5, 0.6) is 0 Å². The number of nitrogens with zero attached hydrogens (tertiary/aromatic N) is 4. The molecule has 0 amide bonds. The van der Waals surface area contributed by atoms with E-state index in [2.05, 4.69) is 62.6 Å². The zero-order chi connectivity index (χ0) is 26.6. The van der Waals surface area contributed by atoms with Crippen molar-refractivity contribution in [2.75, 3.05) is 42.9 Å². The summed E-state index contributed by atoms with van der Waals surface area (Å²) >= 11 is 0. The molecule has 0 saturated carbocycles. The van der Waals surface area contributed by atoms with Crippen molar-refractivity contribution >= 4 is 28.9 Å². The van der Waals surface area contributed by atoms with Gasteiger partial charge in [-0.05, 0) is 41.8 Å². The Bertz CT molecular complexity index is 1460. The Kier molecular flexibility index (Phi) is 7.17. The fourth-order valence-corrected chi connectivity index (χ4v) is 5.33. The molecule has 3 heterocycles. The first kappa shape index (κ1) is 25.0. The number of benzene rings is 3. The van der Waals surface area contributed by atoms with E-state index < -0.39 is 0 Å². The molecule has 4 aromatic rings. The van der Waals surface area contributed by atoms with E-state index in [1.807, 2.05) is 48.5 Å². The molecule has 0 atom stereocenters. The second-order valence-electron chi connectivity index (χ2n) is 10.1. The Morgan fingerprint density at radius 2 is 1.49 bits per heavy atom. The Morgan fingerprint density at radius 3 is 2.28 bits per heavy atom. The topological polar surface area (TPSA) is 82.3 Å². The van der Waals surface area contributed by atoms with Gasteiger partial charge in [0, 0.05) is 56.6 Å². The van der Waals surface area contributed by atoms with Gasteiger partial charge in [0.1, 0.15) is 11.7 Å². The maximum Gasteiger partial charge on any atom is 0.154 e. The van der Waals surface area contributed by atoms with Gasteiger partial charge in [0.15, 0.2) is 5.82 Å². The number of aromatic nitrogens is 1. The van der Waals surface area contributed by atoms with E-state index in [1.165, 1.54) is 11.1 Å². The lowest BCUT2D eigenvalue weighted by Crippen LogP contribution is -2.46. The minimum Gasteiger partial charge on any atom is -0.338 e. The number of nitrogens with one attached hydrogen (secondary N) is 3. The maximum atomic E-state index is 9.08. The zero-order valence-corrected chi connectivity index (χ0v) is 22.0. The lowest BCUT2D eigenvalue weighted by atomic mass is 10.1. The number of anilines is 3. The van der Waals surface area contributed by atoms with E-state index in [1.54, 1.807) is 11.1 Å². The number of hydrogen-bond acceptors (Lipinski definition) is 6. The van der Waals surface area contributed by atoms with Crippen LogP contribution in [0.3, 0.4) is 0 Å². The van der Waals surface area contributed by atoms with Crippen molar-refractivity contribution in [3.63, 3.8) is 0 Å². The third kappa shape index (κ3) is 5.46. The average Bonchev–Trinajstić information content (AvgIpc) is 3.11. The molecule has 3 N–H and O–H groups in total. The fraction of sp³-hybridized carbons (Fsp3) is 0.219. The zero-order valence-electron chi connectivity index (χ0n) is 22.0. The normalized spacial score (nSPS) is 15.7. The van der Waals surface area contributed by atoms with Gasteiger partial charge in [0.25, 0.3) is 0 Å². The first-order valence-corrected chi connectivity index (χ1v) is 13.5. The van der Waals surface area contributed by atoms with Crippen LogP contribution in [0.15, 0.2) is 97.2 Å². The van der Waals surface area contributed by atoms with Crippen molar-refractivity contribution in [3.05, 3.63) is 119 Å². The van der Waals surface area contributed by atoms with Crippen LogP contribution < -0.4 is 10.2 Å². The molecule has 1 fully saturated rings. The van der Waals surface area contributed by atoms with Crippen molar-refractivity contribution in [1.29, 1.82) is 10.8 Å². The molecule has 0 unspecified atom stereocenters. The van der Waals surface area contributed by atoms with Crippen LogP contribution in [0, 0.1) is 10.8 Å². The third-order valence-electron chi connectivity index (χ3n) is 7.57. The minimum atomic E-state index is 0.254. The number of amidine groups is 2. The molecular weight excluding hydrogens is 482 g/mol. The van der Waals surface area contributed by atoms with Gasteiger partial charge in [-0.25, -0.2) is 4.98 Å². The van der Waals surface area contributed by atoms with Crippen molar-refractivity contribution in [2.24, 2.45) is 0 Å². The van der Waals surface area contributed by atoms with E-state index in [4.69, 9.17) is 10.8 Å². The summed E-state index contributed by atoms with van der Waals surface area (Å²) in [5, 5.41) is 21.4. The summed E-state index contributed by atoms with van der Waals surface area (Å²) in [5.74, 6) is 1.15. The molecule has 1 aromatic heterocycles. The summed E-state index contributed by atoms with van der Waals surface area (Å²) in [6.07, 6.45) is 2.83. The van der Waals surface area contributed by atoms with Gasteiger partial charge in [-0.3, -0.25) is 20.6 Å². The molecule has 2 aliphatic heterocycles. The highest BCUT2D eigenvalue weighted by Gasteiger charge is 2.28. The summed E-state index contributed by atoms with van der Waals surface area (Å²) in [4.78, 5) is 11.2. The molecule has 196 valence electrons. The number of rotatable bonds is 6. The monoisotopic (exact) mass is 515 g/mol. The Balaban J connectivity index is 1.10. The molecule has 3 aromatic carbocycles. The molecule has 39 heavy (non-hydrogen) atoms. The highest BCUT2D eigenvalue weighted by molar-refractivity contribution is 6.30. The van der Waals surface area contributed by atoms with Crippen molar-refractivity contribution in [3.8, 4) is 0 Å². The van der Waals surface area contributed by atoms with Gasteiger partial charge in [0.2, 0.25) is 0 Å². The third-order valence-corrected chi connectivity index (χ3v) is 7.57. The van der Waals surface area contributed by atoms with E-state index in [0.717, 1.165) is 62.5 Å². The van der Waals surface area contributed by atoms with Crippen LogP contribution in [0.25, 0.3) is 0 Å². The predicted octanol–water partition coefficient (Wildman–Crippen LogP) is 5.36. The molecule has 1 saturated heterocycles. The molecular formula is C32H33N7. The number of para-hydroxylation sites is 1. The van der Waals surface area contributed by atoms with E-state index in [0.29, 0.717) is 11.5 Å². The second-order valence-corrected chi connectivity index (χ2v) is 10.1. The smallest absolute Gasteiger partial charge is 0.154 e. The largest absolute Gasteiger partial charge is 0.338 e. The number of fused-ring (bicyclic) bond motifs is 2. The Labute approximate surface area is 229 Å². The first-order valence-electron chi connectivity index (χ1n) is 13.5. The van der Waals surface area contributed by atoms with E-state index >= 15 is 0 Å². The summed E-state index contributed by atoms with van der Waals surface area (Å²) < 4.78 is 0. The molecule has 0 aliphatic carbocycles.